The van der Waals surface area contributed by atoms with Gasteiger partial charge in [-0.2, -0.15) is 0 Å². The maximum absolute atomic E-state index is 11.9. The van der Waals surface area contributed by atoms with Gasteiger partial charge in [0.15, 0.2) is 0 Å². The van der Waals surface area contributed by atoms with E-state index in [1.54, 1.807) is 18.2 Å². The normalized spacial score (nSPS) is 11.6. The number of methoxy groups -OCH3 is 1. The molecular formula is C13H14BrNO4. The third kappa shape index (κ3) is 3.82. The number of benzene rings is 1. The van der Waals surface area contributed by atoms with Gasteiger partial charge < -0.3 is 15.2 Å². The number of anilines is 1. The van der Waals surface area contributed by atoms with Gasteiger partial charge in [0.25, 0.3) is 5.91 Å². The van der Waals surface area contributed by atoms with Crippen LogP contribution in [0.2, 0.25) is 0 Å². The summed E-state index contributed by atoms with van der Waals surface area (Å²) in [4.78, 5) is 22.7. The number of carbonyl (C=O) groups excluding carboxylic acids is 1. The number of amides is 1. The van der Waals surface area contributed by atoms with Crippen LogP contribution < -0.4 is 10.1 Å². The van der Waals surface area contributed by atoms with Crippen molar-refractivity contribution in [2.75, 3.05) is 12.4 Å². The van der Waals surface area contributed by atoms with E-state index in [0.29, 0.717) is 15.9 Å². The van der Waals surface area contributed by atoms with Gasteiger partial charge in [-0.25, -0.2) is 4.79 Å². The van der Waals surface area contributed by atoms with E-state index in [4.69, 9.17) is 9.84 Å². The standard InChI is InChI=1S/C13H14BrNO4/c1-7(8(2)13(17)18)12(16)15-11-6-9(19-3)4-5-10(11)14/h4-6H,1-3H3,(H,15,16)(H,17,18). The summed E-state index contributed by atoms with van der Waals surface area (Å²) in [5, 5.41) is 11.5. The molecule has 0 heterocycles. The molecule has 0 aliphatic heterocycles. The molecule has 0 spiro atoms. The highest BCUT2D eigenvalue weighted by molar-refractivity contribution is 9.10. The number of hydrogen-bond acceptors (Lipinski definition) is 3. The van der Waals surface area contributed by atoms with Crippen molar-refractivity contribution in [1.82, 2.24) is 0 Å². The lowest BCUT2D eigenvalue weighted by atomic mass is 10.1. The summed E-state index contributed by atoms with van der Waals surface area (Å²) in [6.07, 6.45) is 0. The summed E-state index contributed by atoms with van der Waals surface area (Å²) >= 11 is 3.30. The number of rotatable bonds is 4. The summed E-state index contributed by atoms with van der Waals surface area (Å²) < 4.78 is 5.74. The van der Waals surface area contributed by atoms with E-state index in [1.165, 1.54) is 21.0 Å². The SMILES string of the molecule is COc1ccc(Br)c(NC(=O)C(C)=C(C)C(=O)O)c1. The lowest BCUT2D eigenvalue weighted by Crippen LogP contribution is -2.16. The molecule has 0 atom stereocenters. The molecule has 0 radical (unpaired) electrons. The first-order chi connectivity index (χ1) is 8.86. The Labute approximate surface area is 119 Å². The van der Waals surface area contributed by atoms with E-state index in [9.17, 15) is 9.59 Å². The number of carbonyl (C=O) groups is 2. The first-order valence-electron chi connectivity index (χ1n) is 5.42. The Hall–Kier alpha value is -1.82. The summed E-state index contributed by atoms with van der Waals surface area (Å²) in [6, 6.07) is 5.12. The van der Waals surface area contributed by atoms with Crippen molar-refractivity contribution in [2.45, 2.75) is 13.8 Å². The van der Waals surface area contributed by atoms with Crippen molar-refractivity contribution < 1.29 is 19.4 Å². The molecule has 102 valence electrons. The highest BCUT2D eigenvalue weighted by Crippen LogP contribution is 2.27. The van der Waals surface area contributed by atoms with Crippen molar-refractivity contribution in [2.24, 2.45) is 0 Å². The van der Waals surface area contributed by atoms with Gasteiger partial charge in [-0.3, -0.25) is 4.79 Å². The van der Waals surface area contributed by atoms with Crippen molar-refractivity contribution in [3.63, 3.8) is 0 Å². The molecule has 0 bridgehead atoms. The second kappa shape index (κ2) is 6.38. The van der Waals surface area contributed by atoms with Crippen molar-refractivity contribution in [3.8, 4) is 5.75 Å². The van der Waals surface area contributed by atoms with E-state index in [1.807, 2.05) is 0 Å². The number of nitrogens with one attached hydrogen (secondary N) is 1. The third-order valence-corrected chi connectivity index (χ3v) is 3.34. The van der Waals surface area contributed by atoms with Crippen molar-refractivity contribution in [1.29, 1.82) is 0 Å². The van der Waals surface area contributed by atoms with Crippen LogP contribution >= 0.6 is 15.9 Å². The van der Waals surface area contributed by atoms with Gasteiger partial charge in [-0.15, -0.1) is 0 Å². The van der Waals surface area contributed by atoms with E-state index < -0.39 is 11.9 Å². The maximum Gasteiger partial charge on any atom is 0.331 e. The van der Waals surface area contributed by atoms with Crippen LogP contribution in [-0.4, -0.2) is 24.1 Å². The number of hydrogen-bond donors (Lipinski definition) is 2. The first kappa shape index (κ1) is 15.2. The molecular weight excluding hydrogens is 314 g/mol. The third-order valence-electron chi connectivity index (χ3n) is 2.65. The Kier molecular flexibility index (Phi) is 5.11. The fraction of sp³-hybridized carbons (Fsp3) is 0.231. The zero-order chi connectivity index (χ0) is 14.6. The molecule has 2 N–H and O–H groups in total. The predicted octanol–water partition coefficient (Wildman–Crippen LogP) is 2.82. The lowest BCUT2D eigenvalue weighted by Gasteiger charge is -2.10. The summed E-state index contributed by atoms with van der Waals surface area (Å²) in [5.74, 6) is -0.985. The van der Waals surface area contributed by atoms with Crippen LogP contribution in [0, 0.1) is 0 Å². The molecule has 0 fully saturated rings. The van der Waals surface area contributed by atoms with Crippen LogP contribution in [-0.2, 0) is 9.59 Å². The minimum Gasteiger partial charge on any atom is -0.497 e. The van der Waals surface area contributed by atoms with E-state index in [-0.39, 0.29) is 11.1 Å². The minimum atomic E-state index is -1.11. The van der Waals surface area contributed by atoms with Gasteiger partial charge in [0.05, 0.1) is 12.8 Å². The van der Waals surface area contributed by atoms with Crippen molar-refractivity contribution >= 4 is 33.5 Å². The second-order valence-corrected chi connectivity index (χ2v) is 4.71. The predicted molar refractivity (Wildman–Crippen MR) is 75.3 cm³/mol. The smallest absolute Gasteiger partial charge is 0.331 e. The molecule has 0 aliphatic rings. The van der Waals surface area contributed by atoms with Crippen LogP contribution in [0.5, 0.6) is 5.75 Å². The topological polar surface area (TPSA) is 75.6 Å². The molecule has 6 heteroatoms. The van der Waals surface area contributed by atoms with Crippen LogP contribution in [0.25, 0.3) is 0 Å². The number of aliphatic carboxylic acids is 1. The van der Waals surface area contributed by atoms with Gasteiger partial charge in [-0.1, -0.05) is 0 Å². The molecule has 0 unspecified atom stereocenters. The Morgan fingerprint density at radius 1 is 1.26 bits per heavy atom. The Morgan fingerprint density at radius 3 is 2.42 bits per heavy atom. The van der Waals surface area contributed by atoms with Crippen LogP contribution in [0.1, 0.15) is 13.8 Å². The van der Waals surface area contributed by atoms with Gasteiger partial charge >= 0.3 is 5.97 Å². The Morgan fingerprint density at radius 2 is 1.89 bits per heavy atom. The number of carboxylic acid groups (broad SMARTS) is 1. The minimum absolute atomic E-state index is 0.0107. The van der Waals surface area contributed by atoms with Crippen LogP contribution in [0.3, 0.4) is 0 Å². The number of ether oxygens (including phenoxy) is 1. The molecule has 1 aromatic rings. The molecule has 1 rings (SSSR count). The average Bonchev–Trinajstić information content (AvgIpc) is 2.39. The molecule has 0 saturated heterocycles. The highest BCUT2D eigenvalue weighted by Gasteiger charge is 2.14. The molecule has 0 aliphatic carbocycles. The molecule has 1 amide bonds. The Balaban J connectivity index is 3.00. The molecule has 1 aromatic carbocycles. The first-order valence-corrected chi connectivity index (χ1v) is 6.21. The molecule has 19 heavy (non-hydrogen) atoms. The van der Waals surface area contributed by atoms with E-state index >= 15 is 0 Å². The Bertz CT molecular complexity index is 552. The highest BCUT2D eigenvalue weighted by atomic mass is 79.9. The zero-order valence-electron chi connectivity index (χ0n) is 10.8. The largest absolute Gasteiger partial charge is 0.497 e. The van der Waals surface area contributed by atoms with Crippen LogP contribution in [0.4, 0.5) is 5.69 Å². The monoisotopic (exact) mass is 327 g/mol. The summed E-state index contributed by atoms with van der Waals surface area (Å²) in [6.45, 7) is 2.85. The second-order valence-electron chi connectivity index (χ2n) is 3.86. The lowest BCUT2D eigenvalue weighted by molar-refractivity contribution is -0.133. The molecule has 0 saturated carbocycles. The maximum atomic E-state index is 11.9. The number of carboxylic acids is 1. The fourth-order valence-corrected chi connectivity index (χ4v) is 1.62. The summed E-state index contributed by atoms with van der Waals surface area (Å²) in [5.41, 5.74) is 0.681. The molecule has 5 nitrogen and oxygen atoms in total. The molecule has 0 aromatic heterocycles. The van der Waals surface area contributed by atoms with Gasteiger partial charge in [0.1, 0.15) is 5.75 Å². The van der Waals surface area contributed by atoms with Gasteiger partial charge in [-0.05, 0) is 41.9 Å². The van der Waals surface area contributed by atoms with Gasteiger partial charge in [0.2, 0.25) is 0 Å². The fourth-order valence-electron chi connectivity index (χ4n) is 1.27. The summed E-state index contributed by atoms with van der Waals surface area (Å²) in [7, 11) is 1.52. The number of halogens is 1. The quantitative estimate of drug-likeness (QED) is 0.834. The zero-order valence-corrected chi connectivity index (χ0v) is 12.4. The van der Waals surface area contributed by atoms with E-state index in [0.717, 1.165) is 0 Å². The van der Waals surface area contributed by atoms with Gasteiger partial charge in [0, 0.05) is 21.7 Å². The average molecular weight is 328 g/mol. The van der Waals surface area contributed by atoms with E-state index in [2.05, 4.69) is 21.2 Å². The van der Waals surface area contributed by atoms with Crippen molar-refractivity contribution in [3.05, 3.63) is 33.8 Å². The van der Waals surface area contributed by atoms with Crippen LogP contribution in [0.15, 0.2) is 33.8 Å².